The predicted molar refractivity (Wildman–Crippen MR) is 84.2 cm³/mol. The Bertz CT molecular complexity index is 827. The molecular formula is C16H17N5O. The molecule has 0 saturated carbocycles. The van der Waals surface area contributed by atoms with E-state index in [2.05, 4.69) is 38.6 Å². The number of fused-ring (bicyclic) bond motifs is 2. The highest BCUT2D eigenvalue weighted by atomic mass is 16.3. The number of rotatable bonds is 4. The average molecular weight is 295 g/mol. The van der Waals surface area contributed by atoms with E-state index in [4.69, 9.17) is 5.11 Å². The summed E-state index contributed by atoms with van der Waals surface area (Å²) in [5.41, 5.74) is 4.64. The second-order valence-electron chi connectivity index (χ2n) is 5.51. The fourth-order valence-corrected chi connectivity index (χ4v) is 3.04. The molecule has 0 amide bonds. The topological polar surface area (TPSA) is 75.9 Å². The fourth-order valence-electron chi connectivity index (χ4n) is 3.04. The van der Waals surface area contributed by atoms with Crippen molar-refractivity contribution in [3.63, 3.8) is 0 Å². The van der Waals surface area contributed by atoms with Gasteiger partial charge in [-0.3, -0.25) is 0 Å². The standard InChI is InChI=1S/C16H17N5O/c22-7-6-21-16-14(9-19-21)15(17-10-18-16)20-13-5-4-11-2-1-3-12(11)8-13/h4-5,8-10,22H,1-3,6-7H2,(H,17,18,20). The zero-order valence-corrected chi connectivity index (χ0v) is 12.2. The van der Waals surface area contributed by atoms with Gasteiger partial charge in [0, 0.05) is 5.69 Å². The third-order valence-corrected chi connectivity index (χ3v) is 4.11. The van der Waals surface area contributed by atoms with E-state index < -0.39 is 0 Å². The molecule has 2 N–H and O–H groups in total. The van der Waals surface area contributed by atoms with Crippen LogP contribution in [0, 0.1) is 0 Å². The number of aromatic nitrogens is 4. The van der Waals surface area contributed by atoms with E-state index in [-0.39, 0.29) is 6.61 Å². The van der Waals surface area contributed by atoms with Crippen LogP contribution in [0.2, 0.25) is 0 Å². The molecular weight excluding hydrogens is 278 g/mol. The molecule has 0 unspecified atom stereocenters. The molecule has 0 aliphatic heterocycles. The van der Waals surface area contributed by atoms with Crippen LogP contribution in [0.4, 0.5) is 11.5 Å². The van der Waals surface area contributed by atoms with Crippen molar-refractivity contribution in [2.75, 3.05) is 11.9 Å². The average Bonchev–Trinajstić information content (AvgIpc) is 3.15. The molecule has 0 fully saturated rings. The number of hydrogen-bond acceptors (Lipinski definition) is 5. The minimum absolute atomic E-state index is 0.0361. The lowest BCUT2D eigenvalue weighted by atomic mass is 10.1. The number of aryl methyl sites for hydroxylation is 2. The minimum atomic E-state index is 0.0361. The van der Waals surface area contributed by atoms with Gasteiger partial charge in [-0.15, -0.1) is 0 Å². The van der Waals surface area contributed by atoms with Gasteiger partial charge in [0.2, 0.25) is 0 Å². The molecule has 0 bridgehead atoms. The van der Waals surface area contributed by atoms with E-state index in [1.54, 1.807) is 10.9 Å². The van der Waals surface area contributed by atoms with Crippen molar-refractivity contribution in [1.29, 1.82) is 0 Å². The minimum Gasteiger partial charge on any atom is -0.394 e. The molecule has 1 aromatic carbocycles. The maximum absolute atomic E-state index is 9.07. The van der Waals surface area contributed by atoms with Crippen molar-refractivity contribution < 1.29 is 5.11 Å². The lowest BCUT2D eigenvalue weighted by Crippen LogP contribution is -2.05. The van der Waals surface area contributed by atoms with Crippen LogP contribution in [-0.4, -0.2) is 31.5 Å². The number of anilines is 2. The van der Waals surface area contributed by atoms with Gasteiger partial charge in [0.25, 0.3) is 0 Å². The fraction of sp³-hybridized carbons (Fsp3) is 0.312. The summed E-state index contributed by atoms with van der Waals surface area (Å²) in [6, 6.07) is 6.49. The van der Waals surface area contributed by atoms with E-state index in [1.807, 2.05) is 0 Å². The molecule has 2 aromatic heterocycles. The molecule has 0 radical (unpaired) electrons. The largest absolute Gasteiger partial charge is 0.394 e. The van der Waals surface area contributed by atoms with Crippen molar-refractivity contribution in [2.45, 2.75) is 25.8 Å². The van der Waals surface area contributed by atoms with Crippen LogP contribution in [-0.2, 0) is 19.4 Å². The van der Waals surface area contributed by atoms with Crippen molar-refractivity contribution in [3.05, 3.63) is 41.9 Å². The predicted octanol–water partition coefficient (Wildman–Crippen LogP) is 2.05. The smallest absolute Gasteiger partial charge is 0.163 e. The maximum Gasteiger partial charge on any atom is 0.163 e. The number of benzene rings is 1. The lowest BCUT2D eigenvalue weighted by Gasteiger charge is -2.08. The molecule has 0 saturated heterocycles. The van der Waals surface area contributed by atoms with Gasteiger partial charge >= 0.3 is 0 Å². The Balaban J connectivity index is 1.69. The van der Waals surface area contributed by atoms with Crippen LogP contribution in [0.1, 0.15) is 17.5 Å². The van der Waals surface area contributed by atoms with Gasteiger partial charge in [0.15, 0.2) is 5.65 Å². The van der Waals surface area contributed by atoms with E-state index in [0.29, 0.717) is 6.54 Å². The summed E-state index contributed by atoms with van der Waals surface area (Å²) in [6.07, 6.45) is 6.83. The first kappa shape index (κ1) is 13.2. The van der Waals surface area contributed by atoms with Crippen molar-refractivity contribution >= 4 is 22.5 Å². The quantitative estimate of drug-likeness (QED) is 0.770. The summed E-state index contributed by atoms with van der Waals surface area (Å²) in [4.78, 5) is 8.59. The Morgan fingerprint density at radius 2 is 2.09 bits per heavy atom. The first-order chi connectivity index (χ1) is 10.8. The summed E-state index contributed by atoms with van der Waals surface area (Å²) < 4.78 is 1.69. The Morgan fingerprint density at radius 3 is 3.00 bits per heavy atom. The molecule has 1 aliphatic rings. The maximum atomic E-state index is 9.07. The first-order valence-corrected chi connectivity index (χ1v) is 7.51. The zero-order valence-electron chi connectivity index (χ0n) is 12.2. The summed E-state index contributed by atoms with van der Waals surface area (Å²) in [7, 11) is 0. The first-order valence-electron chi connectivity index (χ1n) is 7.51. The highest BCUT2D eigenvalue weighted by molar-refractivity contribution is 5.88. The van der Waals surface area contributed by atoms with Gasteiger partial charge in [-0.2, -0.15) is 5.10 Å². The second-order valence-corrected chi connectivity index (χ2v) is 5.51. The van der Waals surface area contributed by atoms with Gasteiger partial charge in [-0.05, 0) is 42.5 Å². The molecule has 2 heterocycles. The summed E-state index contributed by atoms with van der Waals surface area (Å²) in [5, 5.41) is 17.6. The van der Waals surface area contributed by atoms with Crippen molar-refractivity contribution in [3.8, 4) is 0 Å². The molecule has 0 spiro atoms. The van der Waals surface area contributed by atoms with Crippen LogP contribution in [0.25, 0.3) is 11.0 Å². The van der Waals surface area contributed by atoms with Gasteiger partial charge in [0.05, 0.1) is 24.7 Å². The van der Waals surface area contributed by atoms with Gasteiger partial charge in [-0.25, -0.2) is 14.6 Å². The Kier molecular flexibility index (Phi) is 3.23. The molecule has 22 heavy (non-hydrogen) atoms. The third kappa shape index (κ3) is 2.21. The molecule has 0 atom stereocenters. The normalized spacial score (nSPS) is 13.5. The SMILES string of the molecule is OCCn1ncc2c(Nc3ccc4c(c3)CCC4)ncnc21. The molecule has 1 aliphatic carbocycles. The van der Waals surface area contributed by atoms with Gasteiger partial charge in [-0.1, -0.05) is 6.07 Å². The van der Waals surface area contributed by atoms with Crippen molar-refractivity contribution in [2.24, 2.45) is 0 Å². The van der Waals surface area contributed by atoms with Crippen LogP contribution in [0.3, 0.4) is 0 Å². The highest BCUT2D eigenvalue weighted by Crippen LogP contribution is 2.28. The molecule has 3 aromatic rings. The second kappa shape index (κ2) is 5.38. The van der Waals surface area contributed by atoms with Crippen LogP contribution in [0.15, 0.2) is 30.7 Å². The Hall–Kier alpha value is -2.47. The third-order valence-electron chi connectivity index (χ3n) is 4.11. The lowest BCUT2D eigenvalue weighted by molar-refractivity contribution is 0.271. The summed E-state index contributed by atoms with van der Waals surface area (Å²) >= 11 is 0. The van der Waals surface area contributed by atoms with Crippen LogP contribution >= 0.6 is 0 Å². The Labute approximate surface area is 127 Å². The molecule has 6 heteroatoms. The summed E-state index contributed by atoms with van der Waals surface area (Å²) in [6.45, 7) is 0.465. The number of hydrogen-bond donors (Lipinski definition) is 2. The number of aliphatic hydroxyl groups is 1. The molecule has 4 rings (SSSR count). The van der Waals surface area contributed by atoms with E-state index in [1.165, 1.54) is 30.3 Å². The zero-order chi connectivity index (χ0) is 14.9. The number of nitrogens with one attached hydrogen (secondary N) is 1. The van der Waals surface area contributed by atoms with Crippen LogP contribution in [0.5, 0.6) is 0 Å². The Morgan fingerprint density at radius 1 is 1.18 bits per heavy atom. The van der Waals surface area contributed by atoms with E-state index in [0.717, 1.165) is 29.0 Å². The molecule has 6 nitrogen and oxygen atoms in total. The number of aliphatic hydroxyl groups excluding tert-OH is 1. The van der Waals surface area contributed by atoms with Gasteiger partial charge in [0.1, 0.15) is 12.1 Å². The number of nitrogens with zero attached hydrogens (tertiary/aromatic N) is 4. The van der Waals surface area contributed by atoms with Gasteiger partial charge < -0.3 is 10.4 Å². The van der Waals surface area contributed by atoms with E-state index >= 15 is 0 Å². The molecule has 112 valence electrons. The van der Waals surface area contributed by atoms with E-state index in [9.17, 15) is 0 Å². The summed E-state index contributed by atoms with van der Waals surface area (Å²) in [5.74, 6) is 0.743. The monoisotopic (exact) mass is 295 g/mol. The highest BCUT2D eigenvalue weighted by Gasteiger charge is 2.13. The van der Waals surface area contributed by atoms with Crippen molar-refractivity contribution in [1.82, 2.24) is 19.7 Å². The van der Waals surface area contributed by atoms with Crippen LogP contribution < -0.4 is 5.32 Å².